The van der Waals surface area contributed by atoms with Crippen LogP contribution >= 0.6 is 11.6 Å². The summed E-state index contributed by atoms with van der Waals surface area (Å²) < 4.78 is 40.0. The van der Waals surface area contributed by atoms with E-state index in [4.69, 9.17) is 21.1 Å². The maximum absolute atomic E-state index is 14.3. The standard InChI is InChI=1S/C32H37ClN4O8S/c1-21-9-15-27(18-28(21)37(40)41)46(42,43)36(29-17-24(33)12-16-30(29)45-4)20-31(38)35(19-23-10-13-26(44-3)14-11-23)22(2)32(39)34-25-7-5-6-8-25/h9-18,22,25H,5-8,19-20H2,1-4H3,(H,34,39)/t22-/m0/s1. The Morgan fingerprint density at radius 2 is 1.72 bits per heavy atom. The lowest BCUT2D eigenvalue weighted by Gasteiger charge is -2.33. The van der Waals surface area contributed by atoms with Gasteiger partial charge in [0.2, 0.25) is 11.8 Å². The highest BCUT2D eigenvalue weighted by molar-refractivity contribution is 7.92. The van der Waals surface area contributed by atoms with E-state index in [1.807, 2.05) is 0 Å². The highest BCUT2D eigenvalue weighted by Gasteiger charge is 2.35. The van der Waals surface area contributed by atoms with Crippen molar-refractivity contribution >= 4 is 44.8 Å². The molecule has 0 spiro atoms. The fourth-order valence-corrected chi connectivity index (χ4v) is 6.95. The third-order valence-corrected chi connectivity index (χ3v) is 10.0. The molecule has 1 aliphatic carbocycles. The number of methoxy groups -OCH3 is 2. The van der Waals surface area contributed by atoms with Gasteiger partial charge in [0, 0.05) is 29.2 Å². The Kier molecular flexibility index (Phi) is 11.1. The smallest absolute Gasteiger partial charge is 0.273 e. The molecule has 1 N–H and O–H groups in total. The Balaban J connectivity index is 1.78. The van der Waals surface area contributed by atoms with Crippen molar-refractivity contribution in [3.63, 3.8) is 0 Å². The van der Waals surface area contributed by atoms with Crippen LogP contribution in [0.15, 0.2) is 65.6 Å². The topological polar surface area (TPSA) is 148 Å². The molecule has 0 aromatic heterocycles. The second-order valence-electron chi connectivity index (χ2n) is 11.1. The molecule has 14 heteroatoms. The fourth-order valence-electron chi connectivity index (χ4n) is 5.35. The Bertz CT molecular complexity index is 1690. The van der Waals surface area contributed by atoms with Crippen LogP contribution in [0, 0.1) is 17.0 Å². The van der Waals surface area contributed by atoms with Gasteiger partial charge in [-0.2, -0.15) is 0 Å². The minimum Gasteiger partial charge on any atom is -0.497 e. The Morgan fingerprint density at radius 3 is 2.33 bits per heavy atom. The van der Waals surface area contributed by atoms with Crippen LogP contribution in [0.4, 0.5) is 11.4 Å². The van der Waals surface area contributed by atoms with Crippen molar-refractivity contribution < 1.29 is 32.4 Å². The Hall–Kier alpha value is -4.36. The van der Waals surface area contributed by atoms with Crippen LogP contribution in [0.2, 0.25) is 5.02 Å². The molecule has 2 amide bonds. The summed E-state index contributed by atoms with van der Waals surface area (Å²) in [6.07, 6.45) is 3.68. The predicted octanol–water partition coefficient (Wildman–Crippen LogP) is 5.25. The fraction of sp³-hybridized carbons (Fsp3) is 0.375. The summed E-state index contributed by atoms with van der Waals surface area (Å²) >= 11 is 6.28. The van der Waals surface area contributed by atoms with Crippen molar-refractivity contribution in [3.8, 4) is 11.5 Å². The average molecular weight is 673 g/mol. The second kappa shape index (κ2) is 14.8. The zero-order chi connectivity index (χ0) is 33.6. The molecule has 246 valence electrons. The molecule has 0 aliphatic heterocycles. The Labute approximate surface area is 273 Å². The molecule has 0 bridgehead atoms. The number of carbonyl (C=O) groups excluding carboxylic acids is 2. The summed E-state index contributed by atoms with van der Waals surface area (Å²) in [5.74, 6) is -0.364. The summed E-state index contributed by atoms with van der Waals surface area (Å²) in [6, 6.07) is 13.8. The van der Waals surface area contributed by atoms with Crippen LogP contribution in [0.5, 0.6) is 11.5 Å². The van der Waals surface area contributed by atoms with E-state index >= 15 is 0 Å². The summed E-state index contributed by atoms with van der Waals surface area (Å²) in [5.41, 5.74) is 0.487. The van der Waals surface area contributed by atoms with Gasteiger partial charge in [-0.05, 0) is 68.7 Å². The summed E-state index contributed by atoms with van der Waals surface area (Å²) in [7, 11) is -1.76. The molecule has 0 heterocycles. The number of nitro benzene ring substituents is 1. The molecule has 0 unspecified atom stereocenters. The highest BCUT2D eigenvalue weighted by atomic mass is 35.5. The number of anilines is 1. The number of nitrogens with one attached hydrogen (secondary N) is 1. The van der Waals surface area contributed by atoms with Crippen LogP contribution in [-0.4, -0.2) is 62.9 Å². The number of halogens is 1. The van der Waals surface area contributed by atoms with Gasteiger partial charge in [-0.3, -0.25) is 24.0 Å². The van der Waals surface area contributed by atoms with Gasteiger partial charge in [-0.15, -0.1) is 0 Å². The van der Waals surface area contributed by atoms with Crippen LogP contribution < -0.4 is 19.1 Å². The van der Waals surface area contributed by atoms with Gasteiger partial charge in [-0.1, -0.05) is 42.6 Å². The van der Waals surface area contributed by atoms with E-state index in [1.165, 1.54) is 56.4 Å². The first-order valence-electron chi connectivity index (χ1n) is 14.7. The maximum atomic E-state index is 14.3. The van der Waals surface area contributed by atoms with Gasteiger partial charge >= 0.3 is 0 Å². The summed E-state index contributed by atoms with van der Waals surface area (Å²) in [5, 5.41) is 14.9. The Morgan fingerprint density at radius 1 is 1.04 bits per heavy atom. The monoisotopic (exact) mass is 672 g/mol. The first kappa shape index (κ1) is 34.5. The molecule has 1 atom stereocenters. The largest absolute Gasteiger partial charge is 0.497 e. The normalized spacial score (nSPS) is 13.9. The molecule has 12 nitrogen and oxygen atoms in total. The van der Waals surface area contributed by atoms with Crippen molar-refractivity contribution in [2.24, 2.45) is 0 Å². The van der Waals surface area contributed by atoms with E-state index < -0.39 is 44.0 Å². The quantitative estimate of drug-likeness (QED) is 0.191. The molecule has 0 saturated heterocycles. The number of rotatable bonds is 13. The van der Waals surface area contributed by atoms with Gasteiger partial charge in [0.05, 0.1) is 29.7 Å². The molecule has 1 aliphatic rings. The molecular weight excluding hydrogens is 636 g/mol. The number of nitro groups is 1. The first-order chi connectivity index (χ1) is 21.8. The molecule has 1 saturated carbocycles. The van der Waals surface area contributed by atoms with Crippen LogP contribution in [0.3, 0.4) is 0 Å². The zero-order valence-corrected chi connectivity index (χ0v) is 27.6. The van der Waals surface area contributed by atoms with Gasteiger partial charge in [0.15, 0.2) is 0 Å². The molecule has 1 fully saturated rings. The number of benzene rings is 3. The lowest BCUT2D eigenvalue weighted by molar-refractivity contribution is -0.385. The van der Waals surface area contributed by atoms with E-state index in [0.29, 0.717) is 11.3 Å². The third kappa shape index (κ3) is 7.88. The number of hydrogen-bond acceptors (Lipinski definition) is 8. The van der Waals surface area contributed by atoms with Crippen molar-refractivity contribution in [3.05, 3.63) is 86.9 Å². The van der Waals surface area contributed by atoms with Crippen molar-refractivity contribution in [1.82, 2.24) is 10.2 Å². The van der Waals surface area contributed by atoms with Crippen LogP contribution in [0.1, 0.15) is 43.7 Å². The number of nitrogens with zero attached hydrogens (tertiary/aromatic N) is 3. The number of sulfonamides is 1. The van der Waals surface area contributed by atoms with Crippen LogP contribution in [-0.2, 0) is 26.2 Å². The van der Waals surface area contributed by atoms with E-state index in [-0.39, 0.29) is 40.5 Å². The third-order valence-electron chi connectivity index (χ3n) is 8.03. The number of ether oxygens (including phenoxy) is 2. The van der Waals surface area contributed by atoms with Gasteiger partial charge in [0.1, 0.15) is 24.1 Å². The van der Waals surface area contributed by atoms with Crippen molar-refractivity contribution in [1.29, 1.82) is 0 Å². The van der Waals surface area contributed by atoms with E-state index in [9.17, 15) is 28.1 Å². The summed E-state index contributed by atoms with van der Waals surface area (Å²) in [4.78, 5) is 39.6. The molecule has 3 aromatic carbocycles. The van der Waals surface area contributed by atoms with Crippen molar-refractivity contribution in [2.75, 3.05) is 25.1 Å². The first-order valence-corrected chi connectivity index (χ1v) is 16.5. The molecule has 0 radical (unpaired) electrons. The minimum atomic E-state index is -4.63. The lowest BCUT2D eigenvalue weighted by atomic mass is 10.1. The zero-order valence-electron chi connectivity index (χ0n) is 26.1. The van der Waals surface area contributed by atoms with Crippen LogP contribution in [0.25, 0.3) is 0 Å². The summed E-state index contributed by atoms with van der Waals surface area (Å²) in [6.45, 7) is 2.30. The van der Waals surface area contributed by atoms with E-state index in [2.05, 4.69) is 5.32 Å². The van der Waals surface area contributed by atoms with Crippen molar-refractivity contribution in [2.45, 2.75) is 63.1 Å². The van der Waals surface area contributed by atoms with Gasteiger partial charge in [-0.25, -0.2) is 8.42 Å². The number of carbonyl (C=O) groups is 2. The van der Waals surface area contributed by atoms with Gasteiger partial charge in [0.25, 0.3) is 15.7 Å². The average Bonchev–Trinajstić information content (AvgIpc) is 3.55. The molecule has 4 rings (SSSR count). The number of amides is 2. The maximum Gasteiger partial charge on any atom is 0.273 e. The second-order valence-corrected chi connectivity index (χ2v) is 13.4. The number of hydrogen-bond donors (Lipinski definition) is 1. The SMILES string of the molecule is COc1ccc(CN(C(=O)CN(c2cc(Cl)ccc2OC)S(=O)(=O)c2ccc(C)c([N+](=O)[O-])c2)[C@@H](C)C(=O)NC2CCCC2)cc1. The lowest BCUT2D eigenvalue weighted by Crippen LogP contribution is -2.52. The predicted molar refractivity (Wildman–Crippen MR) is 174 cm³/mol. The molecule has 46 heavy (non-hydrogen) atoms. The highest BCUT2D eigenvalue weighted by Crippen LogP contribution is 2.36. The van der Waals surface area contributed by atoms with Gasteiger partial charge < -0.3 is 19.7 Å². The minimum absolute atomic E-state index is 0.00202. The molecular formula is C32H37ClN4O8S. The number of aryl methyl sites for hydroxylation is 1. The van der Waals surface area contributed by atoms with E-state index in [1.54, 1.807) is 31.2 Å². The van der Waals surface area contributed by atoms with E-state index in [0.717, 1.165) is 36.1 Å². The molecule has 3 aromatic rings.